The summed E-state index contributed by atoms with van der Waals surface area (Å²) in [5.41, 5.74) is 1.75. The average Bonchev–Trinajstić information content (AvgIpc) is 2.84. The monoisotopic (exact) mass is 221 g/mol. The van der Waals surface area contributed by atoms with E-state index in [4.69, 9.17) is 9.26 Å². The van der Waals surface area contributed by atoms with Gasteiger partial charge in [-0.05, 0) is 24.3 Å². The first-order valence-corrected chi connectivity index (χ1v) is 5.10. The van der Waals surface area contributed by atoms with Crippen LogP contribution in [0.1, 0.15) is 6.42 Å². The van der Waals surface area contributed by atoms with Crippen LogP contribution in [0.4, 0.5) is 4.39 Å². The van der Waals surface area contributed by atoms with E-state index in [1.54, 1.807) is 6.07 Å². The fourth-order valence-electron chi connectivity index (χ4n) is 1.33. The molecule has 0 saturated carbocycles. The van der Waals surface area contributed by atoms with Gasteiger partial charge in [0.05, 0.1) is 13.3 Å². The van der Waals surface area contributed by atoms with E-state index in [-0.39, 0.29) is 6.67 Å². The molecule has 0 bridgehead atoms. The number of benzene rings is 1. The van der Waals surface area contributed by atoms with E-state index in [2.05, 4.69) is 5.16 Å². The second-order valence-corrected chi connectivity index (χ2v) is 3.30. The Morgan fingerprint density at radius 3 is 2.62 bits per heavy atom. The zero-order valence-corrected chi connectivity index (χ0v) is 8.73. The van der Waals surface area contributed by atoms with Gasteiger partial charge >= 0.3 is 0 Å². The lowest BCUT2D eigenvalue weighted by Gasteiger charge is -2.04. The van der Waals surface area contributed by atoms with Gasteiger partial charge in [0.15, 0.2) is 0 Å². The topological polar surface area (TPSA) is 35.3 Å². The Kier molecular flexibility index (Phi) is 3.53. The summed E-state index contributed by atoms with van der Waals surface area (Å²) in [5, 5.41) is 3.83. The number of alkyl halides is 1. The van der Waals surface area contributed by atoms with Gasteiger partial charge in [-0.3, -0.25) is 4.39 Å². The number of rotatable bonds is 5. The quantitative estimate of drug-likeness (QED) is 0.728. The Balaban J connectivity index is 2.00. The number of halogens is 1. The lowest BCUT2D eigenvalue weighted by Crippen LogP contribution is -1.97. The minimum atomic E-state index is -0.350. The van der Waals surface area contributed by atoms with Crippen molar-refractivity contribution >= 4 is 0 Å². The van der Waals surface area contributed by atoms with Crippen molar-refractivity contribution in [2.45, 2.75) is 6.42 Å². The van der Waals surface area contributed by atoms with E-state index in [0.717, 1.165) is 17.0 Å². The van der Waals surface area contributed by atoms with Crippen LogP contribution in [0.3, 0.4) is 0 Å². The number of hydrogen-bond acceptors (Lipinski definition) is 3. The zero-order valence-electron chi connectivity index (χ0n) is 8.73. The van der Waals surface area contributed by atoms with E-state index in [9.17, 15) is 4.39 Å². The second kappa shape index (κ2) is 5.30. The highest BCUT2D eigenvalue weighted by molar-refractivity contribution is 5.58. The van der Waals surface area contributed by atoms with Crippen molar-refractivity contribution in [3.8, 4) is 17.0 Å². The van der Waals surface area contributed by atoms with Crippen LogP contribution in [0, 0.1) is 0 Å². The molecule has 0 amide bonds. The number of aromatic nitrogens is 1. The van der Waals surface area contributed by atoms with Crippen LogP contribution < -0.4 is 4.74 Å². The largest absolute Gasteiger partial charge is 0.493 e. The molecule has 0 radical (unpaired) electrons. The summed E-state index contributed by atoms with van der Waals surface area (Å²) in [6.45, 7) is 0.0524. The maximum absolute atomic E-state index is 11.8. The Labute approximate surface area is 92.8 Å². The van der Waals surface area contributed by atoms with Crippen molar-refractivity contribution < 1.29 is 13.7 Å². The van der Waals surface area contributed by atoms with Gasteiger partial charge in [0, 0.05) is 18.1 Å². The van der Waals surface area contributed by atoms with Crippen molar-refractivity contribution in [1.82, 2.24) is 5.16 Å². The maximum Gasteiger partial charge on any atom is 0.124 e. The van der Waals surface area contributed by atoms with Crippen LogP contribution in [0.25, 0.3) is 11.3 Å². The summed E-state index contributed by atoms with van der Waals surface area (Å²) < 4.78 is 21.9. The molecule has 0 unspecified atom stereocenters. The minimum absolute atomic E-state index is 0.350. The molecule has 0 saturated heterocycles. The molecule has 0 fully saturated rings. The van der Waals surface area contributed by atoms with Gasteiger partial charge < -0.3 is 9.26 Å². The van der Waals surface area contributed by atoms with Crippen molar-refractivity contribution in [2.75, 3.05) is 13.3 Å². The molecule has 3 nitrogen and oxygen atoms in total. The molecular weight excluding hydrogens is 209 g/mol. The lowest BCUT2D eigenvalue weighted by atomic mass is 10.1. The molecule has 0 aliphatic rings. The Morgan fingerprint density at radius 2 is 2.00 bits per heavy atom. The predicted octanol–water partition coefficient (Wildman–Crippen LogP) is 3.08. The lowest BCUT2D eigenvalue weighted by molar-refractivity contribution is 0.289. The fourth-order valence-corrected chi connectivity index (χ4v) is 1.33. The van der Waals surface area contributed by atoms with Gasteiger partial charge in [-0.1, -0.05) is 5.16 Å². The molecule has 84 valence electrons. The average molecular weight is 221 g/mol. The molecule has 2 rings (SSSR count). The summed E-state index contributed by atoms with van der Waals surface area (Å²) in [7, 11) is 0. The van der Waals surface area contributed by atoms with Crippen LogP contribution in [0.5, 0.6) is 5.75 Å². The molecule has 0 aliphatic carbocycles. The third-order valence-electron chi connectivity index (χ3n) is 2.13. The Bertz CT molecular complexity index is 411. The van der Waals surface area contributed by atoms with Gasteiger partial charge in [-0.2, -0.15) is 0 Å². The maximum atomic E-state index is 11.8. The minimum Gasteiger partial charge on any atom is -0.493 e. The summed E-state index contributed by atoms with van der Waals surface area (Å²) >= 11 is 0. The number of hydrogen-bond donors (Lipinski definition) is 0. The van der Waals surface area contributed by atoms with Crippen LogP contribution in [-0.2, 0) is 0 Å². The summed E-state index contributed by atoms with van der Waals surface area (Å²) in [6.07, 6.45) is 1.95. The van der Waals surface area contributed by atoms with E-state index >= 15 is 0 Å². The number of ether oxygens (including phenoxy) is 1. The molecule has 0 spiro atoms. The molecule has 2 aromatic rings. The molecule has 0 N–H and O–H groups in total. The van der Waals surface area contributed by atoms with Crippen molar-refractivity contribution in [2.24, 2.45) is 0 Å². The van der Waals surface area contributed by atoms with Crippen LogP contribution in [-0.4, -0.2) is 18.4 Å². The van der Waals surface area contributed by atoms with Crippen LogP contribution in [0.2, 0.25) is 0 Å². The molecule has 0 atom stereocenters. The fraction of sp³-hybridized carbons (Fsp3) is 0.250. The van der Waals surface area contributed by atoms with E-state index in [1.807, 2.05) is 24.3 Å². The zero-order chi connectivity index (χ0) is 11.2. The first-order valence-electron chi connectivity index (χ1n) is 5.10. The molecule has 1 aromatic heterocycles. The van der Waals surface area contributed by atoms with Gasteiger partial charge in [-0.15, -0.1) is 0 Å². The molecule has 1 aromatic carbocycles. The van der Waals surface area contributed by atoms with Crippen molar-refractivity contribution in [3.63, 3.8) is 0 Å². The Hall–Kier alpha value is -1.84. The van der Waals surface area contributed by atoms with Gasteiger partial charge in [0.2, 0.25) is 0 Å². The first kappa shape index (κ1) is 10.7. The third-order valence-corrected chi connectivity index (χ3v) is 2.13. The molecule has 1 heterocycles. The molecule has 16 heavy (non-hydrogen) atoms. The molecular formula is C12H12FNO2. The van der Waals surface area contributed by atoms with Crippen LogP contribution >= 0.6 is 0 Å². The van der Waals surface area contributed by atoms with Gasteiger partial charge in [-0.25, -0.2) is 0 Å². The van der Waals surface area contributed by atoms with Gasteiger partial charge in [0.1, 0.15) is 17.7 Å². The SMILES string of the molecule is FCCCOc1ccc(-c2ccon2)cc1. The normalized spacial score (nSPS) is 10.3. The van der Waals surface area contributed by atoms with Gasteiger partial charge in [0.25, 0.3) is 0 Å². The van der Waals surface area contributed by atoms with Crippen molar-refractivity contribution in [1.29, 1.82) is 0 Å². The van der Waals surface area contributed by atoms with E-state index in [0.29, 0.717) is 13.0 Å². The van der Waals surface area contributed by atoms with E-state index < -0.39 is 0 Å². The highest BCUT2D eigenvalue weighted by Crippen LogP contribution is 2.20. The molecule has 0 aliphatic heterocycles. The summed E-state index contributed by atoms with van der Waals surface area (Å²) in [6, 6.07) is 9.24. The third kappa shape index (κ3) is 2.59. The first-order chi connectivity index (χ1) is 7.90. The standard InChI is InChI=1S/C12H12FNO2/c13-7-1-8-15-11-4-2-10(3-5-11)12-6-9-16-14-12/h2-6,9H,1,7-8H2. The molecule has 4 heteroatoms. The predicted molar refractivity (Wildman–Crippen MR) is 58.0 cm³/mol. The second-order valence-electron chi connectivity index (χ2n) is 3.30. The van der Waals surface area contributed by atoms with E-state index in [1.165, 1.54) is 6.26 Å². The number of nitrogens with zero attached hydrogens (tertiary/aromatic N) is 1. The highest BCUT2D eigenvalue weighted by Gasteiger charge is 2.01. The van der Waals surface area contributed by atoms with Crippen LogP contribution in [0.15, 0.2) is 41.1 Å². The summed E-state index contributed by atoms with van der Waals surface area (Å²) in [5.74, 6) is 0.737. The smallest absolute Gasteiger partial charge is 0.124 e. The summed E-state index contributed by atoms with van der Waals surface area (Å²) in [4.78, 5) is 0. The van der Waals surface area contributed by atoms with Crippen molar-refractivity contribution in [3.05, 3.63) is 36.6 Å². The Morgan fingerprint density at radius 1 is 1.19 bits per heavy atom. The highest BCUT2D eigenvalue weighted by atomic mass is 19.1.